The number of nitrogens with one attached hydrogen (secondary N) is 1. The molecule has 1 heterocycles. The van der Waals surface area contributed by atoms with Gasteiger partial charge in [0.15, 0.2) is 0 Å². The first-order valence-electron chi connectivity index (χ1n) is 6.75. The zero-order valence-corrected chi connectivity index (χ0v) is 13.5. The van der Waals surface area contributed by atoms with E-state index >= 15 is 0 Å². The fraction of sp³-hybridized carbons (Fsp3) is 0.500. The third-order valence-corrected chi connectivity index (χ3v) is 4.38. The molecule has 0 radical (unpaired) electrons. The second-order valence-corrected chi connectivity index (χ2v) is 6.02. The molecule has 0 aliphatic carbocycles. The quantitative estimate of drug-likeness (QED) is 0.832. The van der Waals surface area contributed by atoms with Gasteiger partial charge >= 0.3 is 0 Å². The molecule has 1 fully saturated rings. The number of nitrogens with zero attached hydrogens (tertiary/aromatic N) is 1. The van der Waals surface area contributed by atoms with Crippen LogP contribution in [0.5, 0.6) is 0 Å². The summed E-state index contributed by atoms with van der Waals surface area (Å²) in [6.45, 7) is 3.23. The van der Waals surface area contributed by atoms with Crippen LogP contribution >= 0.6 is 23.2 Å². The standard InChI is InChI=1S/C14H19Cl2N3O2/c1-8(19(2)10-3-4-21-7-10)14(20)18-13-11(15)5-9(17)6-12(13)16/h5-6,8,10H,3-4,7,17H2,1-2H3,(H,18,20). The molecule has 2 atom stereocenters. The van der Waals surface area contributed by atoms with Crippen molar-refractivity contribution in [3.05, 3.63) is 22.2 Å². The van der Waals surface area contributed by atoms with Crippen LogP contribution in [0.3, 0.4) is 0 Å². The molecule has 0 spiro atoms. The van der Waals surface area contributed by atoms with Crippen LogP contribution in [0.4, 0.5) is 11.4 Å². The van der Waals surface area contributed by atoms with Crippen molar-refractivity contribution in [2.75, 3.05) is 31.3 Å². The summed E-state index contributed by atoms with van der Waals surface area (Å²) in [7, 11) is 1.91. The maximum absolute atomic E-state index is 12.4. The zero-order chi connectivity index (χ0) is 15.6. The van der Waals surface area contributed by atoms with Gasteiger partial charge < -0.3 is 15.8 Å². The summed E-state index contributed by atoms with van der Waals surface area (Å²) in [6, 6.07) is 3.05. The Morgan fingerprint density at radius 3 is 2.62 bits per heavy atom. The van der Waals surface area contributed by atoms with Gasteiger partial charge in [-0.15, -0.1) is 0 Å². The third kappa shape index (κ3) is 3.80. The van der Waals surface area contributed by atoms with Gasteiger partial charge in [0.25, 0.3) is 0 Å². The lowest BCUT2D eigenvalue weighted by Gasteiger charge is -2.28. The van der Waals surface area contributed by atoms with Crippen molar-refractivity contribution in [1.29, 1.82) is 0 Å². The van der Waals surface area contributed by atoms with Crippen molar-refractivity contribution < 1.29 is 9.53 Å². The van der Waals surface area contributed by atoms with Crippen LogP contribution in [0.15, 0.2) is 12.1 Å². The Bertz CT molecular complexity index is 510. The maximum atomic E-state index is 12.4. The molecule has 5 nitrogen and oxygen atoms in total. The van der Waals surface area contributed by atoms with Crippen LogP contribution < -0.4 is 11.1 Å². The van der Waals surface area contributed by atoms with E-state index in [0.29, 0.717) is 28.0 Å². The largest absolute Gasteiger partial charge is 0.399 e. The number of amides is 1. The van der Waals surface area contributed by atoms with Crippen LogP contribution in [0.1, 0.15) is 13.3 Å². The van der Waals surface area contributed by atoms with E-state index in [9.17, 15) is 4.79 Å². The Labute approximate surface area is 134 Å². The van der Waals surface area contributed by atoms with Crippen LogP contribution in [-0.4, -0.2) is 43.2 Å². The fourth-order valence-corrected chi connectivity index (χ4v) is 2.88. The molecule has 2 rings (SSSR count). The number of likely N-dealkylation sites (N-methyl/N-ethyl adjacent to an activating group) is 1. The van der Waals surface area contributed by atoms with Gasteiger partial charge in [-0.1, -0.05) is 23.2 Å². The number of carbonyl (C=O) groups is 1. The number of hydrogen-bond donors (Lipinski definition) is 2. The van der Waals surface area contributed by atoms with Gasteiger partial charge in [-0.05, 0) is 32.5 Å². The van der Waals surface area contributed by atoms with Crippen LogP contribution in [0.25, 0.3) is 0 Å². The lowest BCUT2D eigenvalue weighted by molar-refractivity contribution is -0.121. The molecule has 0 bridgehead atoms. The summed E-state index contributed by atoms with van der Waals surface area (Å²) in [4.78, 5) is 14.4. The molecule has 116 valence electrons. The average Bonchev–Trinajstić information content (AvgIpc) is 2.94. The number of nitrogens with two attached hydrogens (primary N) is 1. The molecule has 1 aliphatic heterocycles. The predicted molar refractivity (Wildman–Crippen MR) is 86.0 cm³/mol. The minimum Gasteiger partial charge on any atom is -0.399 e. The molecule has 1 aliphatic rings. The van der Waals surface area contributed by atoms with Crippen molar-refractivity contribution in [3.63, 3.8) is 0 Å². The second kappa shape index (κ2) is 6.83. The van der Waals surface area contributed by atoms with E-state index in [1.807, 2.05) is 18.9 Å². The number of carbonyl (C=O) groups excluding carboxylic acids is 1. The van der Waals surface area contributed by atoms with Gasteiger partial charge in [-0.2, -0.15) is 0 Å². The molecule has 21 heavy (non-hydrogen) atoms. The Hall–Kier alpha value is -1.01. The molecule has 0 aromatic heterocycles. The van der Waals surface area contributed by atoms with Gasteiger partial charge in [-0.3, -0.25) is 9.69 Å². The van der Waals surface area contributed by atoms with E-state index in [2.05, 4.69) is 5.32 Å². The van der Waals surface area contributed by atoms with Crippen molar-refractivity contribution >= 4 is 40.5 Å². The molecule has 1 aromatic carbocycles. The van der Waals surface area contributed by atoms with Crippen LogP contribution in [0, 0.1) is 0 Å². The number of anilines is 2. The van der Waals surface area contributed by atoms with Crippen molar-refractivity contribution in [2.45, 2.75) is 25.4 Å². The molecule has 1 saturated heterocycles. The second-order valence-electron chi connectivity index (χ2n) is 5.21. The maximum Gasteiger partial charge on any atom is 0.241 e. The summed E-state index contributed by atoms with van der Waals surface area (Å²) >= 11 is 12.2. The SMILES string of the molecule is CC(C(=O)Nc1c(Cl)cc(N)cc1Cl)N(C)C1CCOC1. The smallest absolute Gasteiger partial charge is 0.241 e. The van der Waals surface area contributed by atoms with E-state index < -0.39 is 0 Å². The van der Waals surface area contributed by atoms with E-state index in [4.69, 9.17) is 33.7 Å². The number of ether oxygens (including phenoxy) is 1. The Morgan fingerprint density at radius 2 is 2.10 bits per heavy atom. The van der Waals surface area contributed by atoms with Crippen LogP contribution in [0.2, 0.25) is 10.0 Å². The van der Waals surface area contributed by atoms with E-state index in [1.165, 1.54) is 0 Å². The first-order valence-corrected chi connectivity index (χ1v) is 7.50. The molecular weight excluding hydrogens is 313 g/mol. The summed E-state index contributed by atoms with van der Waals surface area (Å²) in [6.07, 6.45) is 0.928. The monoisotopic (exact) mass is 331 g/mol. The highest BCUT2D eigenvalue weighted by Gasteiger charge is 2.28. The number of hydrogen-bond acceptors (Lipinski definition) is 4. The van der Waals surface area contributed by atoms with Gasteiger partial charge in [0.1, 0.15) is 0 Å². The fourth-order valence-electron chi connectivity index (χ4n) is 2.28. The normalized spacial score (nSPS) is 19.8. The highest BCUT2D eigenvalue weighted by atomic mass is 35.5. The number of halogens is 2. The molecule has 3 N–H and O–H groups in total. The Balaban J connectivity index is 2.07. The minimum atomic E-state index is -0.318. The lowest BCUT2D eigenvalue weighted by Crippen LogP contribution is -2.45. The van der Waals surface area contributed by atoms with Gasteiger partial charge in [-0.25, -0.2) is 0 Å². The number of benzene rings is 1. The highest BCUT2D eigenvalue weighted by Crippen LogP contribution is 2.33. The minimum absolute atomic E-state index is 0.169. The summed E-state index contributed by atoms with van der Waals surface area (Å²) in [5, 5.41) is 3.42. The topological polar surface area (TPSA) is 67.6 Å². The van der Waals surface area contributed by atoms with Crippen molar-refractivity contribution in [3.8, 4) is 0 Å². The highest BCUT2D eigenvalue weighted by molar-refractivity contribution is 6.40. The zero-order valence-electron chi connectivity index (χ0n) is 12.0. The van der Waals surface area contributed by atoms with Gasteiger partial charge in [0, 0.05) is 18.3 Å². The molecular formula is C14H19Cl2N3O2. The molecule has 7 heteroatoms. The summed E-state index contributed by atoms with van der Waals surface area (Å²) in [5.74, 6) is -0.169. The lowest BCUT2D eigenvalue weighted by atomic mass is 10.1. The van der Waals surface area contributed by atoms with E-state index in [0.717, 1.165) is 13.0 Å². The van der Waals surface area contributed by atoms with E-state index in [-0.39, 0.29) is 18.0 Å². The number of rotatable bonds is 4. The van der Waals surface area contributed by atoms with Crippen molar-refractivity contribution in [1.82, 2.24) is 4.90 Å². The average molecular weight is 332 g/mol. The molecule has 2 unspecified atom stereocenters. The summed E-state index contributed by atoms with van der Waals surface area (Å²) < 4.78 is 5.35. The van der Waals surface area contributed by atoms with Crippen LogP contribution in [-0.2, 0) is 9.53 Å². The summed E-state index contributed by atoms with van der Waals surface area (Å²) in [5.41, 5.74) is 6.49. The van der Waals surface area contributed by atoms with Gasteiger partial charge in [0.2, 0.25) is 5.91 Å². The third-order valence-electron chi connectivity index (χ3n) is 3.78. The number of nitrogen functional groups attached to an aromatic ring is 1. The van der Waals surface area contributed by atoms with Gasteiger partial charge in [0.05, 0.1) is 28.4 Å². The Morgan fingerprint density at radius 1 is 1.48 bits per heavy atom. The predicted octanol–water partition coefficient (Wildman–Crippen LogP) is 2.62. The molecule has 1 amide bonds. The first-order chi connectivity index (χ1) is 9.90. The van der Waals surface area contributed by atoms with Crippen molar-refractivity contribution in [2.24, 2.45) is 0 Å². The van der Waals surface area contributed by atoms with E-state index in [1.54, 1.807) is 12.1 Å². The Kier molecular flexibility index (Phi) is 5.32. The first kappa shape index (κ1) is 16.4. The molecule has 1 aromatic rings. The molecule has 0 saturated carbocycles.